The van der Waals surface area contributed by atoms with Crippen LogP contribution in [0.25, 0.3) is 0 Å². The van der Waals surface area contributed by atoms with E-state index in [1.54, 1.807) is 18.9 Å². The molecule has 0 aliphatic heterocycles. The van der Waals surface area contributed by atoms with E-state index in [1.165, 1.54) is 0 Å². The molecule has 0 saturated heterocycles. The van der Waals surface area contributed by atoms with Crippen molar-refractivity contribution in [3.8, 4) is 0 Å². The van der Waals surface area contributed by atoms with Crippen LogP contribution in [-0.4, -0.2) is 42.2 Å². The number of nitrogens with zero attached hydrogens (tertiary/aromatic N) is 1. The lowest BCUT2D eigenvalue weighted by Crippen LogP contribution is -2.37. The number of likely N-dealkylation sites (N-methyl/N-ethyl adjacent to an activating group) is 1. The second-order valence-electron chi connectivity index (χ2n) is 3.55. The minimum atomic E-state index is -0.473. The third-order valence-corrected chi connectivity index (χ3v) is 1.94. The number of hydrogen-bond acceptors (Lipinski definition) is 3. The van der Waals surface area contributed by atoms with E-state index in [-0.39, 0.29) is 11.8 Å². The van der Waals surface area contributed by atoms with Crippen LogP contribution < -0.4 is 5.73 Å². The number of hydrogen-bond donors (Lipinski definition) is 2. The van der Waals surface area contributed by atoms with Crippen molar-refractivity contribution in [1.29, 1.82) is 0 Å². The van der Waals surface area contributed by atoms with E-state index < -0.39 is 6.10 Å². The summed E-state index contributed by atoms with van der Waals surface area (Å²) in [4.78, 5) is 13.1. The first-order valence-electron chi connectivity index (χ1n) is 4.62. The van der Waals surface area contributed by atoms with Crippen LogP contribution in [0.5, 0.6) is 0 Å². The minimum Gasteiger partial charge on any atom is -0.392 e. The monoisotopic (exact) mass is 188 g/mol. The fraction of sp³-hybridized carbons (Fsp3) is 0.889. The number of nitrogens with two attached hydrogens (primary N) is 1. The van der Waals surface area contributed by atoms with Gasteiger partial charge in [-0.2, -0.15) is 0 Å². The SMILES string of the molecule is CC(O)CN(C)C(=O)C(C)CCN. The summed E-state index contributed by atoms with van der Waals surface area (Å²) in [6.45, 7) is 4.42. The molecule has 13 heavy (non-hydrogen) atoms. The molecule has 0 bridgehead atoms. The van der Waals surface area contributed by atoms with Crippen LogP contribution in [0.2, 0.25) is 0 Å². The zero-order valence-corrected chi connectivity index (χ0v) is 8.66. The van der Waals surface area contributed by atoms with Gasteiger partial charge in [-0.05, 0) is 19.9 Å². The average molecular weight is 188 g/mol. The van der Waals surface area contributed by atoms with Crippen molar-refractivity contribution in [2.75, 3.05) is 20.1 Å². The van der Waals surface area contributed by atoms with Crippen molar-refractivity contribution >= 4 is 5.91 Å². The second-order valence-corrected chi connectivity index (χ2v) is 3.55. The lowest BCUT2D eigenvalue weighted by molar-refractivity contribution is -0.134. The molecule has 0 heterocycles. The highest BCUT2D eigenvalue weighted by molar-refractivity contribution is 5.78. The third kappa shape index (κ3) is 4.85. The molecule has 3 N–H and O–H groups in total. The van der Waals surface area contributed by atoms with Gasteiger partial charge < -0.3 is 15.7 Å². The van der Waals surface area contributed by atoms with Gasteiger partial charge in [-0.3, -0.25) is 4.79 Å². The van der Waals surface area contributed by atoms with Gasteiger partial charge in [-0.15, -0.1) is 0 Å². The fourth-order valence-corrected chi connectivity index (χ4v) is 1.24. The molecular formula is C9H20N2O2. The van der Waals surface area contributed by atoms with Crippen LogP contribution >= 0.6 is 0 Å². The summed E-state index contributed by atoms with van der Waals surface area (Å²) in [7, 11) is 1.70. The van der Waals surface area contributed by atoms with Gasteiger partial charge in [0, 0.05) is 19.5 Å². The van der Waals surface area contributed by atoms with Gasteiger partial charge in [0.2, 0.25) is 5.91 Å². The molecule has 0 saturated carbocycles. The molecular weight excluding hydrogens is 168 g/mol. The molecule has 0 fully saturated rings. The molecule has 1 amide bonds. The summed E-state index contributed by atoms with van der Waals surface area (Å²) in [5, 5.41) is 9.06. The molecule has 0 rings (SSSR count). The van der Waals surface area contributed by atoms with E-state index in [0.717, 1.165) is 0 Å². The largest absolute Gasteiger partial charge is 0.392 e. The molecule has 0 aromatic rings. The molecule has 0 aliphatic carbocycles. The third-order valence-electron chi connectivity index (χ3n) is 1.94. The number of amides is 1. The van der Waals surface area contributed by atoms with Crippen LogP contribution in [-0.2, 0) is 4.79 Å². The summed E-state index contributed by atoms with van der Waals surface area (Å²) < 4.78 is 0. The zero-order valence-electron chi connectivity index (χ0n) is 8.66. The Balaban J connectivity index is 3.94. The van der Waals surface area contributed by atoms with Crippen LogP contribution in [0.1, 0.15) is 20.3 Å². The van der Waals surface area contributed by atoms with Gasteiger partial charge in [0.25, 0.3) is 0 Å². The van der Waals surface area contributed by atoms with Gasteiger partial charge in [0.15, 0.2) is 0 Å². The molecule has 0 radical (unpaired) electrons. The molecule has 0 aromatic heterocycles. The molecule has 4 nitrogen and oxygen atoms in total. The molecule has 0 aliphatic rings. The van der Waals surface area contributed by atoms with Crippen LogP contribution in [0.4, 0.5) is 0 Å². The maximum atomic E-state index is 11.5. The minimum absolute atomic E-state index is 0.0475. The Morgan fingerprint density at radius 1 is 1.54 bits per heavy atom. The van der Waals surface area contributed by atoms with E-state index in [9.17, 15) is 4.79 Å². The molecule has 0 aromatic carbocycles. The smallest absolute Gasteiger partial charge is 0.225 e. The van der Waals surface area contributed by atoms with Gasteiger partial charge >= 0.3 is 0 Å². The number of aliphatic hydroxyl groups is 1. The highest BCUT2D eigenvalue weighted by Crippen LogP contribution is 2.05. The first-order chi connectivity index (χ1) is 5.99. The molecule has 4 heteroatoms. The summed E-state index contributed by atoms with van der Waals surface area (Å²) in [6, 6.07) is 0. The number of carbonyl (C=O) groups excluding carboxylic acids is 1. The van der Waals surface area contributed by atoms with E-state index in [1.807, 2.05) is 6.92 Å². The van der Waals surface area contributed by atoms with E-state index >= 15 is 0 Å². The van der Waals surface area contributed by atoms with Crippen LogP contribution in [0, 0.1) is 5.92 Å². The van der Waals surface area contributed by atoms with Crippen molar-refractivity contribution in [1.82, 2.24) is 4.90 Å². The predicted octanol–water partition coefficient (Wildman–Crippen LogP) is -0.189. The summed E-state index contributed by atoms with van der Waals surface area (Å²) >= 11 is 0. The lowest BCUT2D eigenvalue weighted by atomic mass is 10.1. The maximum absolute atomic E-state index is 11.5. The average Bonchev–Trinajstić information content (AvgIpc) is 2.02. The highest BCUT2D eigenvalue weighted by atomic mass is 16.3. The van der Waals surface area contributed by atoms with Gasteiger partial charge in [-0.1, -0.05) is 6.92 Å². The normalized spacial score (nSPS) is 15.2. The molecule has 0 spiro atoms. The first kappa shape index (κ1) is 12.4. The first-order valence-corrected chi connectivity index (χ1v) is 4.62. The van der Waals surface area contributed by atoms with Crippen molar-refractivity contribution in [2.45, 2.75) is 26.4 Å². The quantitative estimate of drug-likeness (QED) is 0.628. The lowest BCUT2D eigenvalue weighted by Gasteiger charge is -2.22. The Morgan fingerprint density at radius 2 is 2.08 bits per heavy atom. The highest BCUT2D eigenvalue weighted by Gasteiger charge is 2.17. The topological polar surface area (TPSA) is 66.6 Å². The van der Waals surface area contributed by atoms with Crippen molar-refractivity contribution in [3.05, 3.63) is 0 Å². The Kier molecular flexibility index (Phi) is 5.66. The van der Waals surface area contributed by atoms with E-state index in [4.69, 9.17) is 10.8 Å². The standard InChI is InChI=1S/C9H20N2O2/c1-7(4-5-10)9(13)11(3)6-8(2)12/h7-8,12H,4-6,10H2,1-3H3. The van der Waals surface area contributed by atoms with Gasteiger partial charge in [-0.25, -0.2) is 0 Å². The molecule has 2 atom stereocenters. The van der Waals surface area contributed by atoms with Crippen molar-refractivity contribution < 1.29 is 9.90 Å². The Morgan fingerprint density at radius 3 is 2.46 bits per heavy atom. The van der Waals surface area contributed by atoms with Crippen LogP contribution in [0.15, 0.2) is 0 Å². The Bertz CT molecular complexity index is 160. The maximum Gasteiger partial charge on any atom is 0.225 e. The van der Waals surface area contributed by atoms with Gasteiger partial charge in [0.05, 0.1) is 6.10 Å². The Labute approximate surface area is 79.7 Å². The second kappa shape index (κ2) is 5.94. The molecule has 78 valence electrons. The van der Waals surface area contributed by atoms with Crippen LogP contribution in [0.3, 0.4) is 0 Å². The molecule has 2 unspecified atom stereocenters. The van der Waals surface area contributed by atoms with Gasteiger partial charge in [0.1, 0.15) is 0 Å². The van der Waals surface area contributed by atoms with Crippen molar-refractivity contribution in [3.63, 3.8) is 0 Å². The van der Waals surface area contributed by atoms with E-state index in [2.05, 4.69) is 0 Å². The van der Waals surface area contributed by atoms with Crippen molar-refractivity contribution in [2.24, 2.45) is 11.7 Å². The fourth-order valence-electron chi connectivity index (χ4n) is 1.24. The zero-order chi connectivity index (χ0) is 10.4. The number of carbonyl (C=O) groups is 1. The number of aliphatic hydroxyl groups excluding tert-OH is 1. The predicted molar refractivity (Wildman–Crippen MR) is 52.2 cm³/mol. The summed E-state index contributed by atoms with van der Waals surface area (Å²) in [5.74, 6) is 0.0000926. The van der Waals surface area contributed by atoms with E-state index in [0.29, 0.717) is 19.5 Å². The Hall–Kier alpha value is -0.610. The summed E-state index contributed by atoms with van der Waals surface area (Å²) in [6.07, 6.45) is 0.224. The summed E-state index contributed by atoms with van der Waals surface area (Å²) in [5.41, 5.74) is 5.35. The number of rotatable bonds is 5.